The third-order valence-electron chi connectivity index (χ3n) is 7.04. The molecule has 0 bridgehead atoms. The average molecular weight is 396 g/mol. The van der Waals surface area contributed by atoms with E-state index in [2.05, 4.69) is 39.0 Å². The Morgan fingerprint density at radius 3 is 2.10 bits per heavy atom. The van der Waals surface area contributed by atoms with Crippen molar-refractivity contribution in [3.8, 4) is 11.3 Å². The van der Waals surface area contributed by atoms with Gasteiger partial charge in [-0.05, 0) is 50.7 Å². The predicted molar refractivity (Wildman–Crippen MR) is 115 cm³/mol. The van der Waals surface area contributed by atoms with Crippen LogP contribution in [0.15, 0.2) is 34.9 Å². The maximum Gasteiger partial charge on any atom is 0.191 e. The van der Waals surface area contributed by atoms with Gasteiger partial charge in [0.2, 0.25) is 0 Å². The second-order valence-electron chi connectivity index (χ2n) is 8.94. The summed E-state index contributed by atoms with van der Waals surface area (Å²) in [5.41, 5.74) is 3.31. The van der Waals surface area contributed by atoms with E-state index < -0.39 is 0 Å². The molecule has 0 radical (unpaired) electrons. The molecule has 0 amide bonds. The van der Waals surface area contributed by atoms with E-state index in [1.807, 2.05) is 6.92 Å². The van der Waals surface area contributed by atoms with Gasteiger partial charge in [0.1, 0.15) is 12.0 Å². The van der Waals surface area contributed by atoms with Gasteiger partial charge in [-0.15, -0.1) is 0 Å². The third-order valence-corrected chi connectivity index (χ3v) is 7.04. The van der Waals surface area contributed by atoms with Crippen LogP contribution in [0.2, 0.25) is 0 Å². The number of hydrogen-bond donors (Lipinski definition) is 0. The summed E-state index contributed by atoms with van der Waals surface area (Å²) < 4.78 is 11.8. The Kier molecular flexibility index (Phi) is 5.60. The SMILES string of the molecule is Cc1nc(-c2ccc(N3CCC(OC4CCN(C5CCC5)CC4)CC3)cc2)co1. The molecule has 0 unspecified atom stereocenters. The largest absolute Gasteiger partial charge is 0.449 e. The second kappa shape index (κ2) is 8.49. The molecule has 156 valence electrons. The van der Waals surface area contributed by atoms with E-state index in [4.69, 9.17) is 9.15 Å². The van der Waals surface area contributed by atoms with Crippen LogP contribution in [0.4, 0.5) is 5.69 Å². The summed E-state index contributed by atoms with van der Waals surface area (Å²) in [6, 6.07) is 9.59. The van der Waals surface area contributed by atoms with E-state index >= 15 is 0 Å². The van der Waals surface area contributed by atoms with Gasteiger partial charge in [0.05, 0.1) is 12.2 Å². The highest BCUT2D eigenvalue weighted by Gasteiger charge is 2.30. The molecule has 5 rings (SSSR count). The van der Waals surface area contributed by atoms with Gasteiger partial charge in [-0.25, -0.2) is 4.98 Å². The zero-order valence-corrected chi connectivity index (χ0v) is 17.6. The van der Waals surface area contributed by atoms with Gasteiger partial charge in [0.25, 0.3) is 0 Å². The summed E-state index contributed by atoms with van der Waals surface area (Å²) in [5.74, 6) is 0.708. The van der Waals surface area contributed by atoms with E-state index in [9.17, 15) is 0 Å². The van der Waals surface area contributed by atoms with E-state index in [-0.39, 0.29) is 0 Å². The van der Waals surface area contributed by atoms with Crippen LogP contribution >= 0.6 is 0 Å². The lowest BCUT2D eigenvalue weighted by Gasteiger charge is -2.43. The molecular formula is C24H33N3O2. The van der Waals surface area contributed by atoms with Crippen molar-refractivity contribution in [2.45, 2.75) is 70.1 Å². The first-order valence-electron chi connectivity index (χ1n) is 11.4. The number of likely N-dealkylation sites (tertiary alicyclic amines) is 1. The zero-order valence-electron chi connectivity index (χ0n) is 17.6. The number of piperidine rings is 2. The summed E-state index contributed by atoms with van der Waals surface area (Å²) in [4.78, 5) is 9.60. The van der Waals surface area contributed by atoms with Crippen LogP contribution in [-0.2, 0) is 4.74 Å². The van der Waals surface area contributed by atoms with Crippen LogP contribution in [0, 0.1) is 6.92 Å². The minimum atomic E-state index is 0.434. The Bertz CT molecular complexity index is 783. The van der Waals surface area contributed by atoms with Crippen LogP contribution in [-0.4, -0.2) is 54.3 Å². The number of benzene rings is 1. The number of anilines is 1. The lowest BCUT2D eigenvalue weighted by atomic mass is 9.89. The van der Waals surface area contributed by atoms with Crippen molar-refractivity contribution >= 4 is 5.69 Å². The van der Waals surface area contributed by atoms with Gasteiger partial charge in [-0.2, -0.15) is 0 Å². The molecule has 2 saturated heterocycles. The van der Waals surface area contributed by atoms with Crippen molar-refractivity contribution in [2.24, 2.45) is 0 Å². The summed E-state index contributed by atoms with van der Waals surface area (Å²) in [6.45, 7) is 6.51. The number of oxazole rings is 1. The fourth-order valence-electron chi connectivity index (χ4n) is 4.99. The highest BCUT2D eigenvalue weighted by atomic mass is 16.5. The van der Waals surface area contributed by atoms with Crippen LogP contribution in [0.3, 0.4) is 0 Å². The normalized spacial score (nSPS) is 22.7. The Hall–Kier alpha value is -1.85. The molecule has 1 aliphatic carbocycles. The monoisotopic (exact) mass is 395 g/mol. The molecule has 29 heavy (non-hydrogen) atoms. The van der Waals surface area contributed by atoms with E-state index in [1.165, 1.54) is 50.9 Å². The molecule has 3 fully saturated rings. The summed E-state index contributed by atoms with van der Waals surface area (Å²) in [7, 11) is 0. The number of ether oxygens (including phenoxy) is 1. The van der Waals surface area contributed by atoms with E-state index in [0.29, 0.717) is 18.1 Å². The number of aromatic nitrogens is 1. The van der Waals surface area contributed by atoms with Crippen molar-refractivity contribution in [1.82, 2.24) is 9.88 Å². The Morgan fingerprint density at radius 1 is 0.897 bits per heavy atom. The number of hydrogen-bond acceptors (Lipinski definition) is 5. The molecular weight excluding hydrogens is 362 g/mol. The van der Waals surface area contributed by atoms with Crippen molar-refractivity contribution in [3.05, 3.63) is 36.4 Å². The van der Waals surface area contributed by atoms with E-state index in [1.54, 1.807) is 6.26 Å². The highest BCUT2D eigenvalue weighted by Crippen LogP contribution is 2.30. The predicted octanol–water partition coefficient (Wildman–Crippen LogP) is 4.65. The highest BCUT2D eigenvalue weighted by molar-refractivity contribution is 5.62. The maximum absolute atomic E-state index is 6.50. The topological polar surface area (TPSA) is 41.7 Å². The van der Waals surface area contributed by atoms with Gasteiger partial charge < -0.3 is 19.0 Å². The van der Waals surface area contributed by atoms with Gasteiger partial charge in [-0.3, -0.25) is 0 Å². The zero-order chi connectivity index (χ0) is 19.6. The first-order chi connectivity index (χ1) is 14.2. The maximum atomic E-state index is 6.50. The van der Waals surface area contributed by atoms with Crippen LogP contribution in [0.25, 0.3) is 11.3 Å². The lowest BCUT2D eigenvalue weighted by Crippen LogP contribution is -2.47. The minimum Gasteiger partial charge on any atom is -0.449 e. The average Bonchev–Trinajstić information content (AvgIpc) is 3.15. The van der Waals surface area contributed by atoms with Crippen molar-refractivity contribution < 1.29 is 9.15 Å². The van der Waals surface area contributed by atoms with Crippen molar-refractivity contribution in [3.63, 3.8) is 0 Å². The van der Waals surface area contributed by atoms with Gasteiger partial charge in [0.15, 0.2) is 5.89 Å². The van der Waals surface area contributed by atoms with Gasteiger partial charge in [0, 0.05) is 50.4 Å². The lowest BCUT2D eigenvalue weighted by molar-refractivity contribution is -0.0598. The molecule has 1 aromatic carbocycles. The van der Waals surface area contributed by atoms with Gasteiger partial charge >= 0.3 is 0 Å². The summed E-state index contributed by atoms with van der Waals surface area (Å²) in [6.07, 6.45) is 11.6. The first-order valence-corrected chi connectivity index (χ1v) is 11.4. The number of aryl methyl sites for hydroxylation is 1. The van der Waals surface area contributed by atoms with Gasteiger partial charge in [-0.1, -0.05) is 18.6 Å². The Labute approximate surface area is 174 Å². The van der Waals surface area contributed by atoms with Crippen molar-refractivity contribution in [2.75, 3.05) is 31.1 Å². The summed E-state index contributed by atoms with van der Waals surface area (Å²) >= 11 is 0. The molecule has 5 heteroatoms. The minimum absolute atomic E-state index is 0.434. The molecule has 3 heterocycles. The quantitative estimate of drug-likeness (QED) is 0.737. The van der Waals surface area contributed by atoms with Crippen LogP contribution in [0.1, 0.15) is 50.8 Å². The fourth-order valence-corrected chi connectivity index (χ4v) is 4.99. The molecule has 1 aromatic heterocycles. The Balaban J connectivity index is 1.08. The van der Waals surface area contributed by atoms with Crippen molar-refractivity contribution in [1.29, 1.82) is 0 Å². The molecule has 2 aliphatic heterocycles. The molecule has 0 N–H and O–H groups in total. The van der Waals surface area contributed by atoms with Crippen LogP contribution in [0.5, 0.6) is 0 Å². The van der Waals surface area contributed by atoms with E-state index in [0.717, 1.165) is 43.2 Å². The smallest absolute Gasteiger partial charge is 0.191 e. The first kappa shape index (κ1) is 19.1. The third kappa shape index (κ3) is 4.36. The molecule has 1 saturated carbocycles. The fraction of sp³-hybridized carbons (Fsp3) is 0.625. The summed E-state index contributed by atoms with van der Waals surface area (Å²) in [5, 5.41) is 0. The molecule has 0 spiro atoms. The molecule has 0 atom stereocenters. The number of nitrogens with zero attached hydrogens (tertiary/aromatic N) is 3. The Morgan fingerprint density at radius 2 is 1.55 bits per heavy atom. The number of rotatable bonds is 5. The van der Waals surface area contributed by atoms with Crippen LogP contribution < -0.4 is 4.90 Å². The molecule has 5 nitrogen and oxygen atoms in total. The standard InChI is InChI=1S/C24H33N3O2/c1-18-25-24(17-28-18)19-5-7-21(8-6-19)27-15-11-23(12-16-27)29-22-9-13-26(14-10-22)20-3-2-4-20/h5-8,17,20,22-23H,2-4,9-16H2,1H3. The molecule has 2 aromatic rings. The second-order valence-corrected chi connectivity index (χ2v) is 8.94. The molecule has 3 aliphatic rings.